The summed E-state index contributed by atoms with van der Waals surface area (Å²) in [4.78, 5) is 36.0. The molecular weight excluding hydrogens is 419 g/mol. The highest BCUT2D eigenvalue weighted by Gasteiger charge is 2.34. The van der Waals surface area contributed by atoms with Gasteiger partial charge in [0.15, 0.2) is 5.17 Å². The van der Waals surface area contributed by atoms with E-state index in [1.807, 2.05) is 0 Å². The summed E-state index contributed by atoms with van der Waals surface area (Å²) in [6, 6.07) is 4.64. The van der Waals surface area contributed by atoms with E-state index >= 15 is 0 Å². The number of carbonyl (C=O) groups is 2. The number of nitrogens with one attached hydrogen (secondary N) is 2. The first kappa shape index (κ1) is 20.1. The van der Waals surface area contributed by atoms with Gasteiger partial charge in [0.25, 0.3) is 5.95 Å². The van der Waals surface area contributed by atoms with Crippen molar-refractivity contribution >= 4 is 52.0 Å². The van der Waals surface area contributed by atoms with Crippen molar-refractivity contribution in [3.63, 3.8) is 0 Å². The highest BCUT2D eigenvalue weighted by Crippen LogP contribution is 2.36. The van der Waals surface area contributed by atoms with Gasteiger partial charge in [-0.2, -0.15) is 18.2 Å². The minimum Gasteiger partial charge on any atom is -0.326 e. The molecule has 0 radical (unpaired) electrons. The number of aromatic nitrogens is 2. The normalized spacial score (nSPS) is 18.2. The van der Waals surface area contributed by atoms with Crippen LogP contribution in [0.25, 0.3) is 0 Å². The number of alkyl halides is 3. The Bertz CT molecular complexity index is 940. The van der Waals surface area contributed by atoms with Crippen molar-refractivity contribution in [1.29, 1.82) is 0 Å². The first-order valence-electron chi connectivity index (χ1n) is 7.72. The van der Waals surface area contributed by atoms with Gasteiger partial charge in [-0.15, -0.1) is 0 Å². The Kier molecular flexibility index (Phi) is 5.84. The second kappa shape index (κ2) is 8.15. The van der Waals surface area contributed by atoms with Gasteiger partial charge < -0.3 is 10.6 Å². The van der Waals surface area contributed by atoms with E-state index in [1.165, 1.54) is 18.5 Å². The molecule has 3 rings (SSSR count). The standard InChI is InChI=1S/C16H11ClF3N5O2S/c17-10-3-2-8(6-9(10)16(18,19)20)23-12(26)7-11-13(27)24-15(28-11)25-14-21-4-1-5-22-14/h1-6,11H,7H2,(H,23,26)(H,21,22,24,25,27). The molecule has 1 fully saturated rings. The van der Waals surface area contributed by atoms with Crippen molar-refractivity contribution in [1.82, 2.24) is 15.3 Å². The number of anilines is 1. The maximum atomic E-state index is 12.9. The number of benzene rings is 1. The van der Waals surface area contributed by atoms with Gasteiger partial charge in [-0.05, 0) is 24.3 Å². The number of halogens is 4. The fourth-order valence-corrected chi connectivity index (χ4v) is 3.42. The minimum atomic E-state index is -4.65. The van der Waals surface area contributed by atoms with Crippen molar-refractivity contribution in [2.24, 2.45) is 4.99 Å². The summed E-state index contributed by atoms with van der Waals surface area (Å²) >= 11 is 6.55. The summed E-state index contributed by atoms with van der Waals surface area (Å²) in [5.41, 5.74) is -1.13. The van der Waals surface area contributed by atoms with Crippen LogP contribution in [0.2, 0.25) is 5.02 Å². The van der Waals surface area contributed by atoms with E-state index < -0.39 is 33.8 Å². The molecule has 1 saturated heterocycles. The Morgan fingerprint density at radius 2 is 2.04 bits per heavy atom. The van der Waals surface area contributed by atoms with Crippen molar-refractivity contribution in [2.75, 3.05) is 5.32 Å². The number of thioether (sulfide) groups is 1. The zero-order valence-corrected chi connectivity index (χ0v) is 15.4. The number of hydrogen-bond donors (Lipinski definition) is 2. The molecule has 28 heavy (non-hydrogen) atoms. The second-order valence-corrected chi connectivity index (χ2v) is 7.10. The third kappa shape index (κ3) is 4.98. The maximum absolute atomic E-state index is 12.9. The number of hydrogen-bond acceptors (Lipinski definition) is 6. The van der Waals surface area contributed by atoms with E-state index in [2.05, 4.69) is 25.6 Å². The van der Waals surface area contributed by atoms with Gasteiger partial charge in [0.2, 0.25) is 11.8 Å². The van der Waals surface area contributed by atoms with Crippen molar-refractivity contribution in [3.05, 3.63) is 47.2 Å². The topological polar surface area (TPSA) is 96.3 Å². The molecule has 1 aromatic carbocycles. The molecule has 12 heteroatoms. The number of nitrogens with zero attached hydrogens (tertiary/aromatic N) is 3. The largest absolute Gasteiger partial charge is 0.417 e. The summed E-state index contributed by atoms with van der Waals surface area (Å²) in [6.45, 7) is 0. The number of amides is 2. The molecule has 146 valence electrons. The fourth-order valence-electron chi connectivity index (χ4n) is 2.23. The zero-order valence-electron chi connectivity index (χ0n) is 13.8. The molecule has 2 aromatic rings. The van der Waals surface area contributed by atoms with Gasteiger partial charge in [0, 0.05) is 24.5 Å². The van der Waals surface area contributed by atoms with Crippen LogP contribution in [0, 0.1) is 0 Å². The summed E-state index contributed by atoms with van der Waals surface area (Å²) in [6.07, 6.45) is -1.93. The Balaban J connectivity index is 1.64. The maximum Gasteiger partial charge on any atom is 0.417 e. The molecule has 2 amide bonds. The number of carbonyl (C=O) groups excluding carboxylic acids is 2. The average molecular weight is 430 g/mol. The molecule has 0 spiro atoms. The van der Waals surface area contributed by atoms with Crippen molar-refractivity contribution in [2.45, 2.75) is 17.8 Å². The molecular formula is C16H11ClF3N5O2S. The van der Waals surface area contributed by atoms with Crippen LogP contribution in [-0.4, -0.2) is 32.2 Å². The summed E-state index contributed by atoms with van der Waals surface area (Å²) in [5, 5.41) is 3.83. The third-order valence-electron chi connectivity index (χ3n) is 3.46. The predicted molar refractivity (Wildman–Crippen MR) is 98.3 cm³/mol. The average Bonchev–Trinajstić information content (AvgIpc) is 2.95. The van der Waals surface area contributed by atoms with Crippen LogP contribution in [0.1, 0.15) is 12.0 Å². The monoisotopic (exact) mass is 429 g/mol. The van der Waals surface area contributed by atoms with Crippen LogP contribution in [-0.2, 0) is 15.8 Å². The molecule has 2 N–H and O–H groups in total. The molecule has 1 aliphatic rings. The molecule has 0 saturated carbocycles. The molecule has 2 heterocycles. The third-order valence-corrected chi connectivity index (χ3v) is 4.87. The number of amidine groups is 1. The van der Waals surface area contributed by atoms with Crippen LogP contribution in [0.3, 0.4) is 0 Å². The Hall–Kier alpha value is -2.66. The Labute approximate surface area is 165 Å². The lowest BCUT2D eigenvalue weighted by atomic mass is 10.2. The lowest BCUT2D eigenvalue weighted by molar-refractivity contribution is -0.137. The first-order chi connectivity index (χ1) is 13.2. The van der Waals surface area contributed by atoms with E-state index in [4.69, 9.17) is 11.6 Å². The van der Waals surface area contributed by atoms with E-state index in [1.54, 1.807) is 6.07 Å². The lowest BCUT2D eigenvalue weighted by Gasteiger charge is -2.12. The van der Waals surface area contributed by atoms with Gasteiger partial charge in [-0.3, -0.25) is 9.59 Å². The molecule has 7 nitrogen and oxygen atoms in total. The van der Waals surface area contributed by atoms with Crippen molar-refractivity contribution < 1.29 is 22.8 Å². The molecule has 0 bridgehead atoms. The zero-order chi connectivity index (χ0) is 20.3. The van der Waals surface area contributed by atoms with Crippen LogP contribution in [0.15, 0.2) is 41.7 Å². The number of aliphatic imine (C=N–C) groups is 1. The summed E-state index contributed by atoms with van der Waals surface area (Å²) in [5.74, 6) is -0.918. The van der Waals surface area contributed by atoms with E-state index in [9.17, 15) is 22.8 Å². The SMILES string of the molecule is O=C(CC1S/C(=N\c2ncccn2)NC1=O)Nc1ccc(Cl)c(C(F)(F)F)c1. The smallest absolute Gasteiger partial charge is 0.326 e. The van der Waals surface area contributed by atoms with Gasteiger partial charge in [0.1, 0.15) is 5.25 Å². The van der Waals surface area contributed by atoms with Crippen LogP contribution in [0.5, 0.6) is 0 Å². The molecule has 0 aliphatic carbocycles. The summed E-state index contributed by atoms with van der Waals surface area (Å²) < 4.78 is 38.7. The van der Waals surface area contributed by atoms with Gasteiger partial charge in [0.05, 0.1) is 10.6 Å². The lowest BCUT2D eigenvalue weighted by Crippen LogP contribution is -2.28. The van der Waals surface area contributed by atoms with E-state index in [-0.39, 0.29) is 23.2 Å². The van der Waals surface area contributed by atoms with Gasteiger partial charge in [-0.25, -0.2) is 9.97 Å². The first-order valence-corrected chi connectivity index (χ1v) is 8.98. The molecule has 1 unspecified atom stereocenters. The second-order valence-electron chi connectivity index (χ2n) is 5.51. The molecule has 1 aliphatic heterocycles. The predicted octanol–water partition coefficient (Wildman–Crippen LogP) is 3.40. The van der Waals surface area contributed by atoms with Crippen LogP contribution < -0.4 is 10.6 Å². The highest BCUT2D eigenvalue weighted by atomic mass is 35.5. The van der Waals surface area contributed by atoms with E-state index in [0.717, 1.165) is 23.9 Å². The van der Waals surface area contributed by atoms with Crippen LogP contribution >= 0.6 is 23.4 Å². The van der Waals surface area contributed by atoms with Crippen LogP contribution in [0.4, 0.5) is 24.8 Å². The Morgan fingerprint density at radius 1 is 1.32 bits per heavy atom. The molecule has 1 aromatic heterocycles. The Morgan fingerprint density at radius 3 is 2.71 bits per heavy atom. The van der Waals surface area contributed by atoms with Gasteiger partial charge >= 0.3 is 6.18 Å². The van der Waals surface area contributed by atoms with Crippen molar-refractivity contribution in [3.8, 4) is 0 Å². The summed E-state index contributed by atoms with van der Waals surface area (Å²) in [7, 11) is 0. The molecule has 1 atom stereocenters. The fraction of sp³-hybridized carbons (Fsp3) is 0.188. The highest BCUT2D eigenvalue weighted by molar-refractivity contribution is 8.15. The quantitative estimate of drug-likeness (QED) is 0.776. The number of rotatable bonds is 4. The van der Waals surface area contributed by atoms with E-state index in [0.29, 0.717) is 0 Å². The van der Waals surface area contributed by atoms with Gasteiger partial charge in [-0.1, -0.05) is 23.4 Å². The minimum absolute atomic E-state index is 0.0725.